The van der Waals surface area contributed by atoms with E-state index in [2.05, 4.69) is 11.1 Å². The molecule has 0 amide bonds. The first-order valence-corrected chi connectivity index (χ1v) is 10.4. The van der Waals surface area contributed by atoms with E-state index in [9.17, 15) is 0 Å². The molecule has 0 fully saturated rings. The number of hydrogen-bond acceptors (Lipinski definition) is 7. The lowest BCUT2D eigenvalue weighted by Gasteiger charge is -2.12. The summed E-state index contributed by atoms with van der Waals surface area (Å²) in [5.74, 6) is 0.877. The van der Waals surface area contributed by atoms with Crippen molar-refractivity contribution in [2.75, 3.05) is 27.1 Å². The number of rotatable bonds is 8. The molecule has 4 aromatic rings. The second kappa shape index (κ2) is 8.77. The van der Waals surface area contributed by atoms with Crippen molar-refractivity contribution < 1.29 is 13.9 Å². The van der Waals surface area contributed by atoms with Crippen molar-refractivity contribution in [2.45, 2.75) is 18.3 Å². The monoisotopic (exact) mass is 410 g/mol. The summed E-state index contributed by atoms with van der Waals surface area (Å²) < 4.78 is 18.4. The Bertz CT molecular complexity index is 1120. The summed E-state index contributed by atoms with van der Waals surface area (Å²) in [5, 5.41) is 1.76. The summed E-state index contributed by atoms with van der Waals surface area (Å²) >= 11 is 1.50. The first-order chi connectivity index (χ1) is 14.2. The number of thioether (sulfide) groups is 1. The molecular weight excluding hydrogens is 388 g/mol. The fraction of sp³-hybridized carbons (Fsp3) is 0.286. The Hall–Kier alpha value is -2.68. The van der Waals surface area contributed by atoms with Gasteiger partial charge in [-0.05, 0) is 24.5 Å². The molecule has 4 rings (SSSR count). The van der Waals surface area contributed by atoms with Crippen LogP contribution in [0.5, 0.6) is 0 Å². The first kappa shape index (κ1) is 19.6. The van der Waals surface area contributed by atoms with Crippen molar-refractivity contribution in [1.29, 1.82) is 0 Å². The molecule has 150 valence electrons. The fourth-order valence-electron chi connectivity index (χ4n) is 3.29. The lowest BCUT2D eigenvalue weighted by atomic mass is 10.1. The number of nitrogens with zero attached hydrogens (tertiary/aromatic N) is 4. The highest BCUT2D eigenvalue weighted by Gasteiger charge is 2.22. The van der Waals surface area contributed by atoms with E-state index < -0.39 is 0 Å². The van der Waals surface area contributed by atoms with Crippen LogP contribution in [0.1, 0.15) is 5.82 Å². The molecule has 0 radical (unpaired) electrons. The van der Waals surface area contributed by atoms with Gasteiger partial charge in [-0.25, -0.2) is 15.0 Å². The highest BCUT2D eigenvalue weighted by atomic mass is 32.2. The number of ether oxygens (including phenoxy) is 2. The van der Waals surface area contributed by atoms with Crippen LogP contribution in [0.4, 0.5) is 0 Å². The molecule has 1 aromatic carbocycles. The van der Waals surface area contributed by atoms with Gasteiger partial charge in [0.1, 0.15) is 18.1 Å². The van der Waals surface area contributed by atoms with Gasteiger partial charge in [0.05, 0.1) is 30.0 Å². The average molecular weight is 410 g/mol. The van der Waals surface area contributed by atoms with Gasteiger partial charge in [0, 0.05) is 37.8 Å². The average Bonchev–Trinajstić information content (AvgIpc) is 3.36. The van der Waals surface area contributed by atoms with Gasteiger partial charge in [-0.3, -0.25) is 0 Å². The third kappa shape index (κ3) is 3.91. The van der Waals surface area contributed by atoms with Crippen LogP contribution in [0.3, 0.4) is 0 Å². The molecule has 8 heteroatoms. The molecule has 3 heterocycles. The summed E-state index contributed by atoms with van der Waals surface area (Å²) in [7, 11) is 3.36. The van der Waals surface area contributed by atoms with Gasteiger partial charge in [-0.15, -0.1) is 0 Å². The standard InChI is InChI=1S/C21H22N4O3S/c1-26-10-8-18-24-19(15-5-4-14-7-11-28-17(14)12-15)20(25(18)13-27-2)16-6-9-22-21(23-16)29-3/h4-7,9,11-12H,8,10,13H2,1-3H3. The Morgan fingerprint density at radius 2 is 2.00 bits per heavy atom. The molecule has 0 N–H and O–H groups in total. The van der Waals surface area contributed by atoms with E-state index in [4.69, 9.17) is 23.9 Å². The molecule has 0 aliphatic carbocycles. The summed E-state index contributed by atoms with van der Waals surface area (Å²) in [6, 6.07) is 9.95. The van der Waals surface area contributed by atoms with Gasteiger partial charge < -0.3 is 18.5 Å². The molecule has 0 saturated carbocycles. The van der Waals surface area contributed by atoms with Gasteiger partial charge in [0.15, 0.2) is 5.16 Å². The number of imidazole rings is 1. The molecule has 0 unspecified atom stereocenters. The molecule has 0 aliphatic heterocycles. The molecule has 3 aromatic heterocycles. The van der Waals surface area contributed by atoms with Crippen molar-refractivity contribution in [3.63, 3.8) is 0 Å². The highest BCUT2D eigenvalue weighted by molar-refractivity contribution is 7.98. The molecule has 7 nitrogen and oxygen atoms in total. The van der Waals surface area contributed by atoms with Crippen LogP contribution in [0, 0.1) is 0 Å². The molecule has 0 saturated heterocycles. The van der Waals surface area contributed by atoms with Gasteiger partial charge >= 0.3 is 0 Å². The van der Waals surface area contributed by atoms with Crippen molar-refractivity contribution >= 4 is 22.7 Å². The largest absolute Gasteiger partial charge is 0.464 e. The summed E-state index contributed by atoms with van der Waals surface area (Å²) in [6.45, 7) is 0.930. The van der Waals surface area contributed by atoms with E-state index in [-0.39, 0.29) is 0 Å². The Morgan fingerprint density at radius 1 is 1.10 bits per heavy atom. The lowest BCUT2D eigenvalue weighted by Crippen LogP contribution is -2.10. The zero-order valence-corrected chi connectivity index (χ0v) is 17.4. The molecule has 0 bridgehead atoms. The number of furan rings is 1. The Kier molecular flexibility index (Phi) is 5.94. The molecule has 0 spiro atoms. The Labute approximate surface area is 173 Å². The third-order valence-corrected chi connectivity index (χ3v) is 5.18. The van der Waals surface area contributed by atoms with Crippen LogP contribution in [-0.2, 0) is 22.6 Å². The van der Waals surface area contributed by atoms with Crippen LogP contribution in [-0.4, -0.2) is 46.6 Å². The summed E-state index contributed by atoms with van der Waals surface area (Å²) in [5.41, 5.74) is 4.30. The van der Waals surface area contributed by atoms with Crippen molar-refractivity contribution in [3.8, 4) is 22.6 Å². The number of methoxy groups -OCH3 is 2. The maximum atomic E-state index is 5.60. The Balaban J connectivity index is 1.94. The van der Waals surface area contributed by atoms with Gasteiger partial charge in [-0.2, -0.15) is 0 Å². The van der Waals surface area contributed by atoms with E-state index in [0.29, 0.717) is 24.9 Å². The zero-order valence-electron chi connectivity index (χ0n) is 16.6. The quantitative estimate of drug-likeness (QED) is 0.317. The second-order valence-electron chi connectivity index (χ2n) is 6.42. The van der Waals surface area contributed by atoms with Crippen molar-refractivity contribution in [3.05, 3.63) is 48.6 Å². The number of fused-ring (bicyclic) bond motifs is 1. The van der Waals surface area contributed by atoms with Crippen molar-refractivity contribution in [2.24, 2.45) is 0 Å². The molecular formula is C21H22N4O3S. The second-order valence-corrected chi connectivity index (χ2v) is 7.19. The normalized spacial score (nSPS) is 11.4. The van der Waals surface area contributed by atoms with Gasteiger partial charge in [0.2, 0.25) is 0 Å². The van der Waals surface area contributed by atoms with Crippen molar-refractivity contribution in [1.82, 2.24) is 19.5 Å². The lowest BCUT2D eigenvalue weighted by molar-refractivity contribution is 0.127. The van der Waals surface area contributed by atoms with E-state index in [0.717, 1.165) is 39.4 Å². The Morgan fingerprint density at radius 3 is 2.79 bits per heavy atom. The molecule has 0 atom stereocenters. The maximum Gasteiger partial charge on any atom is 0.187 e. The minimum Gasteiger partial charge on any atom is -0.464 e. The minimum absolute atomic E-state index is 0.364. The van der Waals surface area contributed by atoms with Crippen LogP contribution < -0.4 is 0 Å². The van der Waals surface area contributed by atoms with Gasteiger partial charge in [0.25, 0.3) is 0 Å². The van der Waals surface area contributed by atoms with Crippen LogP contribution in [0.15, 0.2) is 52.4 Å². The third-order valence-electron chi connectivity index (χ3n) is 4.62. The predicted molar refractivity (Wildman–Crippen MR) is 113 cm³/mol. The summed E-state index contributed by atoms with van der Waals surface area (Å²) in [6.07, 6.45) is 6.09. The summed E-state index contributed by atoms with van der Waals surface area (Å²) in [4.78, 5) is 14.0. The van der Waals surface area contributed by atoms with E-state index in [1.165, 1.54) is 11.8 Å². The number of benzene rings is 1. The molecule has 29 heavy (non-hydrogen) atoms. The first-order valence-electron chi connectivity index (χ1n) is 9.17. The van der Waals surface area contributed by atoms with Crippen LogP contribution in [0.2, 0.25) is 0 Å². The predicted octanol–water partition coefficient (Wildman–Crippen LogP) is 4.27. The zero-order chi connectivity index (χ0) is 20.2. The van der Waals surface area contributed by atoms with E-state index in [1.54, 1.807) is 26.7 Å². The highest BCUT2D eigenvalue weighted by Crippen LogP contribution is 2.34. The maximum absolute atomic E-state index is 5.60. The SMILES string of the molecule is COCCc1nc(-c2ccc3ccoc3c2)c(-c2ccnc(SC)n2)n1COC. The fourth-order valence-corrected chi connectivity index (χ4v) is 3.64. The van der Waals surface area contributed by atoms with Crippen LogP contribution >= 0.6 is 11.8 Å². The number of aromatic nitrogens is 4. The van der Waals surface area contributed by atoms with Gasteiger partial charge in [-0.1, -0.05) is 23.9 Å². The molecule has 0 aliphatic rings. The van der Waals surface area contributed by atoms with E-state index >= 15 is 0 Å². The number of hydrogen-bond donors (Lipinski definition) is 0. The minimum atomic E-state index is 0.364. The van der Waals surface area contributed by atoms with E-state index in [1.807, 2.05) is 35.1 Å². The topological polar surface area (TPSA) is 75.2 Å². The van der Waals surface area contributed by atoms with Crippen LogP contribution in [0.25, 0.3) is 33.6 Å². The smallest absolute Gasteiger partial charge is 0.187 e.